The Balaban J connectivity index is 1.97. The third-order valence-electron chi connectivity index (χ3n) is 6.04. The first-order valence-corrected chi connectivity index (χ1v) is 11.2. The molecule has 0 spiro atoms. The first-order chi connectivity index (χ1) is 14.7. The Morgan fingerprint density at radius 3 is 2.58 bits per heavy atom. The van der Waals surface area contributed by atoms with Crippen LogP contribution in [0.1, 0.15) is 24.2 Å². The third kappa shape index (κ3) is 3.13. The van der Waals surface area contributed by atoms with E-state index in [9.17, 15) is 32.6 Å². The highest BCUT2D eigenvalue weighted by molar-refractivity contribution is 7.89. The molecule has 1 saturated heterocycles. The van der Waals surface area contributed by atoms with Gasteiger partial charge in [-0.25, -0.2) is 12.8 Å². The van der Waals surface area contributed by atoms with Crippen molar-refractivity contribution in [1.82, 2.24) is 8.87 Å². The third-order valence-corrected chi connectivity index (χ3v) is 7.98. The lowest BCUT2D eigenvalue weighted by atomic mass is 9.87. The average molecular weight is 448 g/mol. The van der Waals surface area contributed by atoms with E-state index in [1.165, 1.54) is 28.8 Å². The topological polar surface area (TPSA) is 117 Å². The molecule has 164 valence electrons. The number of aliphatic hydroxyl groups excluding tert-OH is 1. The van der Waals surface area contributed by atoms with Crippen LogP contribution in [0.25, 0.3) is 6.08 Å². The highest BCUT2D eigenvalue weighted by Crippen LogP contribution is 2.50. The van der Waals surface area contributed by atoms with Crippen molar-refractivity contribution >= 4 is 22.1 Å². The Bertz CT molecular complexity index is 1240. The fourth-order valence-electron chi connectivity index (χ4n) is 4.76. The van der Waals surface area contributed by atoms with Crippen LogP contribution in [0.5, 0.6) is 0 Å². The van der Waals surface area contributed by atoms with Crippen LogP contribution in [0, 0.1) is 17.7 Å². The summed E-state index contributed by atoms with van der Waals surface area (Å²) in [6, 6.07) is 5.61. The van der Waals surface area contributed by atoms with Gasteiger partial charge >= 0.3 is 5.97 Å². The maximum Gasteiger partial charge on any atom is 0.308 e. The molecule has 8 nitrogen and oxygen atoms in total. The lowest BCUT2D eigenvalue weighted by Gasteiger charge is -2.37. The van der Waals surface area contributed by atoms with Crippen molar-refractivity contribution < 1.29 is 27.8 Å². The van der Waals surface area contributed by atoms with E-state index >= 15 is 0 Å². The van der Waals surface area contributed by atoms with Crippen LogP contribution in [0.3, 0.4) is 0 Å². The van der Waals surface area contributed by atoms with Crippen molar-refractivity contribution in [2.75, 3.05) is 6.61 Å². The molecule has 0 unspecified atom stereocenters. The van der Waals surface area contributed by atoms with Crippen molar-refractivity contribution in [2.45, 2.75) is 30.4 Å². The van der Waals surface area contributed by atoms with Crippen molar-refractivity contribution in [3.05, 3.63) is 69.9 Å². The summed E-state index contributed by atoms with van der Waals surface area (Å²) < 4.78 is 43.7. The maximum atomic E-state index is 14.4. The highest BCUT2D eigenvalue weighted by atomic mass is 32.2. The van der Waals surface area contributed by atoms with Crippen LogP contribution < -0.4 is 5.56 Å². The fourth-order valence-corrected chi connectivity index (χ4v) is 6.66. The number of nitrogens with zero attached hydrogens (tertiary/aromatic N) is 2. The maximum absolute atomic E-state index is 14.4. The zero-order chi connectivity index (χ0) is 22.5. The predicted molar refractivity (Wildman–Crippen MR) is 109 cm³/mol. The summed E-state index contributed by atoms with van der Waals surface area (Å²) in [6.07, 6.45) is 3.30. The summed E-state index contributed by atoms with van der Waals surface area (Å²) in [5, 5.41) is 19.9. The van der Waals surface area contributed by atoms with E-state index in [1.807, 2.05) is 0 Å². The molecule has 0 aliphatic carbocycles. The second-order valence-corrected chi connectivity index (χ2v) is 9.43. The number of pyridine rings is 1. The van der Waals surface area contributed by atoms with Crippen molar-refractivity contribution in [3.8, 4) is 0 Å². The molecule has 0 amide bonds. The van der Waals surface area contributed by atoms with Crippen LogP contribution in [-0.2, 0) is 21.4 Å². The second kappa shape index (κ2) is 7.70. The van der Waals surface area contributed by atoms with E-state index < -0.39 is 57.2 Å². The number of rotatable bonds is 5. The first kappa shape index (κ1) is 21.4. The van der Waals surface area contributed by atoms with Crippen molar-refractivity contribution in [2.24, 2.45) is 11.8 Å². The van der Waals surface area contributed by atoms with Gasteiger partial charge in [0.1, 0.15) is 10.7 Å². The van der Waals surface area contributed by atoms with Crippen LogP contribution in [-0.4, -0.2) is 46.1 Å². The number of hydrogen-bond acceptors (Lipinski definition) is 5. The van der Waals surface area contributed by atoms with Crippen LogP contribution in [0.2, 0.25) is 0 Å². The predicted octanol–water partition coefficient (Wildman–Crippen LogP) is 1.46. The molecule has 2 aliphatic heterocycles. The van der Waals surface area contributed by atoms with E-state index in [4.69, 9.17) is 0 Å². The minimum atomic E-state index is -4.46. The van der Waals surface area contributed by atoms with Gasteiger partial charge in [-0.2, -0.15) is 4.31 Å². The van der Waals surface area contributed by atoms with Gasteiger partial charge in [0, 0.05) is 36.4 Å². The highest BCUT2D eigenvalue weighted by Gasteiger charge is 2.60. The molecule has 10 heteroatoms. The van der Waals surface area contributed by atoms with Gasteiger partial charge in [-0.1, -0.05) is 24.3 Å². The lowest BCUT2D eigenvalue weighted by molar-refractivity contribution is -0.144. The molecule has 0 radical (unpaired) electrons. The molecule has 1 aromatic heterocycles. The molecule has 2 N–H and O–H groups in total. The number of carbonyl (C=O) groups is 1. The number of aromatic nitrogens is 1. The summed E-state index contributed by atoms with van der Waals surface area (Å²) in [5.74, 6) is -4.51. The molecular weight excluding hydrogens is 427 g/mol. The van der Waals surface area contributed by atoms with Crippen molar-refractivity contribution in [1.29, 1.82) is 0 Å². The van der Waals surface area contributed by atoms with Gasteiger partial charge in [0.05, 0.1) is 12.0 Å². The number of carboxylic acids is 1. The Morgan fingerprint density at radius 2 is 1.97 bits per heavy atom. The normalized spacial score (nSPS) is 25.6. The number of hydrogen-bond donors (Lipinski definition) is 2. The lowest BCUT2D eigenvalue weighted by Crippen LogP contribution is -2.49. The van der Waals surface area contributed by atoms with E-state index in [1.54, 1.807) is 19.1 Å². The molecular formula is C21H21FN2O6S. The Hall–Kier alpha value is -2.82. The minimum Gasteiger partial charge on any atom is -0.481 e. The zero-order valence-corrected chi connectivity index (χ0v) is 17.4. The summed E-state index contributed by atoms with van der Waals surface area (Å²) >= 11 is 0. The molecule has 2 aliphatic rings. The Labute approximate surface area is 177 Å². The monoisotopic (exact) mass is 448 g/mol. The summed E-state index contributed by atoms with van der Waals surface area (Å²) in [4.78, 5) is 24.5. The van der Waals surface area contributed by atoms with Gasteiger partial charge in [0.25, 0.3) is 5.56 Å². The number of aliphatic carboxylic acids is 1. The summed E-state index contributed by atoms with van der Waals surface area (Å²) in [7, 11) is -4.46. The van der Waals surface area contributed by atoms with Gasteiger partial charge in [0.2, 0.25) is 10.0 Å². The van der Waals surface area contributed by atoms with Gasteiger partial charge in [-0.15, -0.1) is 0 Å². The standard InChI is InChI=1S/C21H21FN2O6S/c1-2-5-12-8-9-15-19-18(21(27)28)13(11-25)16(10-23(15)20(12)26)24(19)31(29,30)17-7-4-3-6-14(17)22/h2-9,13,16,18-19,25H,10-11H2,1H3,(H,27,28)/b5-2-/t13-,16-,18+,19+/m1/s1. The molecule has 4 rings (SSSR count). The minimum absolute atomic E-state index is 0.140. The molecule has 0 saturated carbocycles. The molecule has 2 bridgehead atoms. The molecule has 4 atom stereocenters. The quantitative estimate of drug-likeness (QED) is 0.715. The molecule has 3 heterocycles. The average Bonchev–Trinajstić information content (AvgIpc) is 2.99. The zero-order valence-electron chi connectivity index (χ0n) is 16.6. The smallest absolute Gasteiger partial charge is 0.308 e. The van der Waals surface area contributed by atoms with Gasteiger partial charge in [-0.05, 0) is 31.2 Å². The number of allylic oxidation sites excluding steroid dienone is 1. The molecule has 31 heavy (non-hydrogen) atoms. The van der Waals surface area contributed by atoms with Crippen LogP contribution in [0.15, 0.2) is 52.2 Å². The number of aliphatic hydroxyl groups is 1. The number of halogens is 1. The number of benzene rings is 1. The molecule has 1 fully saturated rings. The van der Waals surface area contributed by atoms with E-state index in [2.05, 4.69) is 0 Å². The van der Waals surface area contributed by atoms with Crippen LogP contribution in [0.4, 0.5) is 4.39 Å². The van der Waals surface area contributed by atoms with Crippen LogP contribution >= 0.6 is 0 Å². The summed E-state index contributed by atoms with van der Waals surface area (Å²) in [5.41, 5.74) is 0.206. The van der Waals surface area contributed by atoms with Gasteiger partial charge < -0.3 is 14.8 Å². The Kier molecular flexibility index (Phi) is 5.32. The van der Waals surface area contributed by atoms with E-state index in [-0.39, 0.29) is 17.8 Å². The first-order valence-electron chi connectivity index (χ1n) is 9.72. The van der Waals surface area contributed by atoms with Crippen molar-refractivity contribution in [3.63, 3.8) is 0 Å². The molecule has 2 aromatic rings. The van der Waals surface area contributed by atoms with Gasteiger partial charge in [-0.3, -0.25) is 9.59 Å². The van der Waals surface area contributed by atoms with Gasteiger partial charge in [0.15, 0.2) is 0 Å². The Morgan fingerprint density at radius 1 is 1.26 bits per heavy atom. The SMILES string of the molecule is C/C=C\c1ccc2n(c1=O)C[C@@H]1[C@@H](CO)[C@H](C(=O)O)[C@H]2N1S(=O)(=O)c1ccccc1F. The van der Waals surface area contributed by atoms with E-state index in [0.29, 0.717) is 5.56 Å². The summed E-state index contributed by atoms with van der Waals surface area (Å²) in [6.45, 7) is 1.02. The second-order valence-electron chi connectivity index (χ2n) is 7.62. The number of carboxylic acid groups (broad SMARTS) is 1. The number of sulfonamides is 1. The molecule has 1 aromatic carbocycles. The number of fused-ring (bicyclic) bond motifs is 4. The fraction of sp³-hybridized carbons (Fsp3) is 0.333. The largest absolute Gasteiger partial charge is 0.481 e. The van der Waals surface area contributed by atoms with E-state index in [0.717, 1.165) is 16.4 Å².